The van der Waals surface area contributed by atoms with Crippen molar-refractivity contribution >= 4 is 11.9 Å². The average Bonchev–Trinajstić information content (AvgIpc) is 2.90. The number of esters is 2. The lowest BCUT2D eigenvalue weighted by atomic mass is 9.86. The molecule has 0 aromatic heterocycles. The number of aliphatic hydroxyl groups excluding tert-OH is 4. The van der Waals surface area contributed by atoms with Crippen LogP contribution in [0.3, 0.4) is 0 Å². The molecule has 2 aliphatic heterocycles. The van der Waals surface area contributed by atoms with Crippen molar-refractivity contribution in [3.05, 3.63) is 53.3 Å². The van der Waals surface area contributed by atoms with E-state index in [1.807, 2.05) is 0 Å². The predicted molar refractivity (Wildman–Crippen MR) is 124 cm³/mol. The van der Waals surface area contributed by atoms with Crippen molar-refractivity contribution in [2.24, 2.45) is 5.92 Å². The first-order chi connectivity index (χ1) is 17.7. The van der Waals surface area contributed by atoms with E-state index >= 15 is 0 Å². The van der Waals surface area contributed by atoms with E-state index < -0.39 is 61.5 Å². The minimum absolute atomic E-state index is 0.0296. The zero-order valence-corrected chi connectivity index (χ0v) is 20.4. The monoisotopic (exact) mass is 524 g/mol. The topological polar surface area (TPSA) is 181 Å². The number of phenols is 1. The van der Waals surface area contributed by atoms with Crippen LogP contribution in [0, 0.1) is 5.92 Å². The first-order valence-corrected chi connectivity index (χ1v) is 11.7. The first kappa shape index (κ1) is 28.6. The Bertz CT molecular complexity index is 986. The third kappa shape index (κ3) is 6.86. The van der Waals surface area contributed by atoms with Gasteiger partial charge in [-0.1, -0.05) is 18.2 Å². The molecule has 1 saturated heterocycles. The number of ether oxygens (including phenoxy) is 5. The molecule has 1 aromatic carbocycles. The molecular formula is C25H32O12. The largest absolute Gasteiger partial charge is 0.508 e. The van der Waals surface area contributed by atoms with E-state index in [9.17, 15) is 35.1 Å². The zero-order chi connectivity index (χ0) is 27.1. The second-order valence-corrected chi connectivity index (χ2v) is 8.55. The Kier molecular flexibility index (Phi) is 10.0. The van der Waals surface area contributed by atoms with Crippen LogP contribution in [0.1, 0.15) is 18.9 Å². The zero-order valence-electron chi connectivity index (χ0n) is 20.4. The molecule has 7 atom stereocenters. The fraction of sp³-hybridized carbons (Fsp3) is 0.520. The lowest BCUT2D eigenvalue weighted by Gasteiger charge is -2.41. The van der Waals surface area contributed by atoms with E-state index in [1.54, 1.807) is 25.1 Å². The Morgan fingerprint density at radius 3 is 2.41 bits per heavy atom. The number of hydrogen-bond donors (Lipinski definition) is 5. The lowest BCUT2D eigenvalue weighted by Crippen LogP contribution is -2.60. The number of allylic oxidation sites excluding steroid dienone is 1. The smallest absolute Gasteiger partial charge is 0.337 e. The summed E-state index contributed by atoms with van der Waals surface area (Å²) in [5.41, 5.74) is 1.21. The molecule has 204 valence electrons. The highest BCUT2D eigenvalue weighted by Gasteiger charge is 2.46. The standard InChI is InChI=1S/C25H32O12/c1-3-15-16(10-19(28)33-2)17(23(32)34-9-8-13-4-6-14(27)7-5-13)12-35-24(15)37-25-22(31)21(30)20(29)18(11-26)36-25/h3-7,12,16,18,20-22,24-27,29-31H,8-11H2,1-2H3. The second kappa shape index (κ2) is 13.0. The quantitative estimate of drug-likeness (QED) is 0.210. The maximum Gasteiger partial charge on any atom is 0.337 e. The summed E-state index contributed by atoms with van der Waals surface area (Å²) in [5, 5.41) is 49.1. The van der Waals surface area contributed by atoms with Crippen molar-refractivity contribution in [3.8, 4) is 5.75 Å². The van der Waals surface area contributed by atoms with Crippen LogP contribution in [-0.2, 0) is 39.7 Å². The van der Waals surface area contributed by atoms with Gasteiger partial charge in [0, 0.05) is 17.9 Å². The summed E-state index contributed by atoms with van der Waals surface area (Å²) < 4.78 is 26.8. The molecular weight excluding hydrogens is 492 g/mol. The highest BCUT2D eigenvalue weighted by Crippen LogP contribution is 2.36. The third-order valence-electron chi connectivity index (χ3n) is 6.20. The van der Waals surface area contributed by atoms with Crippen molar-refractivity contribution in [1.82, 2.24) is 0 Å². The fourth-order valence-electron chi connectivity index (χ4n) is 4.06. The summed E-state index contributed by atoms with van der Waals surface area (Å²) in [4.78, 5) is 25.1. The number of rotatable bonds is 9. The molecule has 37 heavy (non-hydrogen) atoms. The van der Waals surface area contributed by atoms with Gasteiger partial charge in [-0.15, -0.1) is 0 Å². The summed E-state index contributed by atoms with van der Waals surface area (Å²) in [6.07, 6.45) is -6.02. The van der Waals surface area contributed by atoms with Crippen molar-refractivity contribution in [3.63, 3.8) is 0 Å². The molecule has 0 spiro atoms. The van der Waals surface area contributed by atoms with Gasteiger partial charge in [-0.3, -0.25) is 4.79 Å². The molecule has 2 heterocycles. The van der Waals surface area contributed by atoms with Gasteiger partial charge in [-0.2, -0.15) is 0 Å². The van der Waals surface area contributed by atoms with Crippen LogP contribution in [0.15, 0.2) is 47.7 Å². The van der Waals surface area contributed by atoms with Gasteiger partial charge < -0.3 is 49.2 Å². The molecule has 2 aliphatic rings. The van der Waals surface area contributed by atoms with Gasteiger partial charge in [0.25, 0.3) is 0 Å². The number of hydrogen-bond acceptors (Lipinski definition) is 12. The van der Waals surface area contributed by atoms with E-state index in [1.165, 1.54) is 19.2 Å². The van der Waals surface area contributed by atoms with Gasteiger partial charge in [0.1, 0.15) is 30.2 Å². The van der Waals surface area contributed by atoms with Gasteiger partial charge in [-0.25, -0.2) is 4.79 Å². The van der Waals surface area contributed by atoms with Gasteiger partial charge in [0.2, 0.25) is 6.29 Å². The molecule has 1 aromatic rings. The molecule has 3 rings (SSSR count). The van der Waals surface area contributed by atoms with E-state index in [-0.39, 0.29) is 24.4 Å². The molecule has 0 radical (unpaired) electrons. The van der Waals surface area contributed by atoms with E-state index in [0.717, 1.165) is 11.8 Å². The molecule has 7 unspecified atom stereocenters. The summed E-state index contributed by atoms with van der Waals surface area (Å²) in [6, 6.07) is 6.44. The van der Waals surface area contributed by atoms with E-state index in [4.69, 9.17) is 23.7 Å². The number of benzene rings is 1. The molecule has 0 aliphatic carbocycles. The lowest BCUT2D eigenvalue weighted by molar-refractivity contribution is -0.327. The van der Waals surface area contributed by atoms with Crippen LogP contribution in [0.5, 0.6) is 5.75 Å². The number of carbonyl (C=O) groups is 2. The van der Waals surface area contributed by atoms with Gasteiger partial charge in [-0.05, 0) is 24.6 Å². The fourth-order valence-corrected chi connectivity index (χ4v) is 4.06. The SMILES string of the molecule is CC=C1C(OC2OC(CO)C(O)C(O)C2O)OC=C(C(=O)OCCc2ccc(O)cc2)C1CC(=O)OC. The van der Waals surface area contributed by atoms with Crippen molar-refractivity contribution in [1.29, 1.82) is 0 Å². The predicted octanol–water partition coefficient (Wildman–Crippen LogP) is -0.340. The summed E-state index contributed by atoms with van der Waals surface area (Å²) in [7, 11) is 1.21. The highest BCUT2D eigenvalue weighted by molar-refractivity contribution is 5.90. The molecule has 0 amide bonds. The number of phenolic OH excluding ortho intramolecular Hbond substituents is 1. The van der Waals surface area contributed by atoms with Crippen molar-refractivity contribution < 1.29 is 58.8 Å². The normalized spacial score (nSPS) is 30.8. The van der Waals surface area contributed by atoms with E-state index in [2.05, 4.69) is 0 Å². The number of aromatic hydroxyl groups is 1. The van der Waals surface area contributed by atoms with Crippen molar-refractivity contribution in [2.75, 3.05) is 20.3 Å². The van der Waals surface area contributed by atoms with Crippen molar-refractivity contribution in [2.45, 2.75) is 56.8 Å². The molecule has 12 nitrogen and oxygen atoms in total. The van der Waals surface area contributed by atoms with Crippen LogP contribution >= 0.6 is 0 Å². The molecule has 0 bridgehead atoms. The Labute approximate surface area is 213 Å². The molecule has 0 saturated carbocycles. The first-order valence-electron chi connectivity index (χ1n) is 11.7. The van der Waals surface area contributed by atoms with Gasteiger partial charge in [0.15, 0.2) is 6.29 Å². The average molecular weight is 525 g/mol. The Morgan fingerprint density at radius 2 is 1.78 bits per heavy atom. The molecule has 12 heteroatoms. The van der Waals surface area contributed by atoms with Crippen LogP contribution in [0.25, 0.3) is 0 Å². The van der Waals surface area contributed by atoms with Crippen LogP contribution in [0.4, 0.5) is 0 Å². The molecule has 5 N–H and O–H groups in total. The second-order valence-electron chi connectivity index (χ2n) is 8.55. The Hall–Kier alpha value is -3.00. The number of aliphatic hydroxyl groups is 4. The van der Waals surface area contributed by atoms with Gasteiger partial charge in [0.05, 0.1) is 38.6 Å². The maximum absolute atomic E-state index is 12.9. The minimum atomic E-state index is -1.67. The Morgan fingerprint density at radius 1 is 1.08 bits per heavy atom. The van der Waals surface area contributed by atoms with Crippen LogP contribution in [0.2, 0.25) is 0 Å². The van der Waals surface area contributed by atoms with Crippen LogP contribution < -0.4 is 0 Å². The third-order valence-corrected chi connectivity index (χ3v) is 6.20. The maximum atomic E-state index is 12.9. The minimum Gasteiger partial charge on any atom is -0.508 e. The Balaban J connectivity index is 1.75. The van der Waals surface area contributed by atoms with Crippen LogP contribution in [-0.4, -0.2) is 94.8 Å². The summed E-state index contributed by atoms with van der Waals surface area (Å²) >= 11 is 0. The van der Waals surface area contributed by atoms with Gasteiger partial charge >= 0.3 is 11.9 Å². The number of methoxy groups -OCH3 is 1. The van der Waals surface area contributed by atoms with E-state index in [0.29, 0.717) is 12.0 Å². The highest BCUT2D eigenvalue weighted by atomic mass is 16.8. The summed E-state index contributed by atoms with van der Waals surface area (Å²) in [5.74, 6) is -2.07. The molecule has 1 fully saturated rings. The number of carbonyl (C=O) groups excluding carboxylic acids is 2. The summed E-state index contributed by atoms with van der Waals surface area (Å²) in [6.45, 7) is 1.02.